The minimum Gasteiger partial charge on any atom is -0.461 e. The number of anilines is 1. The van der Waals surface area contributed by atoms with Crippen LogP contribution in [-0.2, 0) is 10.9 Å². The zero-order valence-corrected chi connectivity index (χ0v) is 15.1. The molecule has 0 aliphatic carbocycles. The SMILES string of the molecule is Cc1nc(NC(=O)c2ccccc2C(F)(F)F)sc1C(=O)OCC(C)C. The van der Waals surface area contributed by atoms with Crippen LogP contribution in [0.25, 0.3) is 0 Å². The van der Waals surface area contributed by atoms with Crippen LogP contribution in [0, 0.1) is 12.8 Å². The molecule has 0 aliphatic rings. The second-order valence-electron chi connectivity index (χ2n) is 5.92. The summed E-state index contributed by atoms with van der Waals surface area (Å²) in [6, 6.07) is 4.45. The lowest BCUT2D eigenvalue weighted by Crippen LogP contribution is -2.18. The first-order chi connectivity index (χ1) is 12.1. The predicted molar refractivity (Wildman–Crippen MR) is 91.4 cm³/mol. The van der Waals surface area contributed by atoms with Gasteiger partial charge in [0, 0.05) is 0 Å². The maximum atomic E-state index is 13.0. The monoisotopic (exact) mass is 386 g/mol. The number of amides is 1. The van der Waals surface area contributed by atoms with Gasteiger partial charge in [0.1, 0.15) is 4.88 Å². The number of hydrogen-bond donors (Lipinski definition) is 1. The Hall–Kier alpha value is -2.42. The smallest absolute Gasteiger partial charge is 0.417 e. The standard InChI is InChI=1S/C17H17F3N2O3S/c1-9(2)8-25-15(24)13-10(3)21-16(26-13)22-14(23)11-6-4-5-7-12(11)17(18,19)20/h4-7,9H,8H2,1-3H3,(H,21,22,23). The Morgan fingerprint density at radius 2 is 1.92 bits per heavy atom. The van der Waals surface area contributed by atoms with Gasteiger partial charge in [-0.2, -0.15) is 13.2 Å². The van der Waals surface area contributed by atoms with Gasteiger partial charge in [-0.3, -0.25) is 10.1 Å². The fraction of sp³-hybridized carbons (Fsp3) is 0.353. The molecule has 0 radical (unpaired) electrons. The highest BCUT2D eigenvalue weighted by Crippen LogP contribution is 2.32. The Bertz CT molecular complexity index is 816. The van der Waals surface area contributed by atoms with Gasteiger partial charge in [0.25, 0.3) is 5.91 Å². The Kier molecular flexibility index (Phi) is 6.01. The van der Waals surface area contributed by atoms with E-state index in [1.165, 1.54) is 12.1 Å². The zero-order chi connectivity index (χ0) is 19.5. The second-order valence-corrected chi connectivity index (χ2v) is 6.92. The number of alkyl halides is 3. The van der Waals surface area contributed by atoms with Gasteiger partial charge >= 0.3 is 12.1 Å². The summed E-state index contributed by atoms with van der Waals surface area (Å²) in [7, 11) is 0. The molecule has 9 heteroatoms. The highest BCUT2D eigenvalue weighted by atomic mass is 32.1. The number of nitrogens with zero attached hydrogens (tertiary/aromatic N) is 1. The van der Waals surface area contributed by atoms with E-state index in [4.69, 9.17) is 4.74 Å². The van der Waals surface area contributed by atoms with Gasteiger partial charge in [-0.25, -0.2) is 9.78 Å². The minimum absolute atomic E-state index is 0.0287. The maximum absolute atomic E-state index is 13.0. The maximum Gasteiger partial charge on any atom is 0.417 e. The lowest BCUT2D eigenvalue weighted by atomic mass is 10.1. The summed E-state index contributed by atoms with van der Waals surface area (Å²) >= 11 is 0.857. The summed E-state index contributed by atoms with van der Waals surface area (Å²) in [6.45, 7) is 5.56. The van der Waals surface area contributed by atoms with Crippen molar-refractivity contribution in [3.05, 3.63) is 46.0 Å². The first kappa shape index (κ1) is 19.9. The van der Waals surface area contributed by atoms with E-state index in [0.717, 1.165) is 23.5 Å². The number of benzene rings is 1. The number of carbonyl (C=O) groups is 2. The van der Waals surface area contributed by atoms with Crippen LogP contribution in [0.3, 0.4) is 0 Å². The Morgan fingerprint density at radius 3 is 2.54 bits per heavy atom. The van der Waals surface area contributed by atoms with Crippen molar-refractivity contribution in [1.82, 2.24) is 4.98 Å². The third-order valence-corrected chi connectivity index (χ3v) is 4.28. The summed E-state index contributed by atoms with van der Waals surface area (Å²) in [5.74, 6) is -1.37. The zero-order valence-electron chi connectivity index (χ0n) is 14.3. The van der Waals surface area contributed by atoms with Crippen molar-refractivity contribution in [3.63, 3.8) is 0 Å². The molecule has 1 N–H and O–H groups in total. The molecule has 1 amide bonds. The molecule has 0 spiro atoms. The lowest BCUT2D eigenvalue weighted by molar-refractivity contribution is -0.137. The molecule has 2 aromatic rings. The van der Waals surface area contributed by atoms with Crippen LogP contribution in [0.5, 0.6) is 0 Å². The topological polar surface area (TPSA) is 68.3 Å². The molecule has 1 heterocycles. The number of aryl methyl sites for hydroxylation is 1. The molecule has 1 aromatic heterocycles. The molecule has 0 unspecified atom stereocenters. The first-order valence-electron chi connectivity index (χ1n) is 7.71. The Morgan fingerprint density at radius 1 is 1.27 bits per heavy atom. The molecular weight excluding hydrogens is 369 g/mol. The van der Waals surface area contributed by atoms with Crippen LogP contribution in [0.4, 0.5) is 18.3 Å². The molecule has 26 heavy (non-hydrogen) atoms. The average Bonchev–Trinajstić information content (AvgIpc) is 2.92. The molecule has 2 rings (SSSR count). The van der Waals surface area contributed by atoms with Gasteiger partial charge in [0.15, 0.2) is 5.13 Å². The van der Waals surface area contributed by atoms with Crippen molar-refractivity contribution >= 4 is 28.3 Å². The summed E-state index contributed by atoms with van der Waals surface area (Å²) in [5.41, 5.74) is -1.22. The van der Waals surface area contributed by atoms with Gasteiger partial charge < -0.3 is 4.74 Å². The molecule has 0 atom stereocenters. The molecule has 1 aromatic carbocycles. The van der Waals surface area contributed by atoms with Gasteiger partial charge in [0.2, 0.25) is 0 Å². The molecule has 5 nitrogen and oxygen atoms in total. The molecular formula is C17H17F3N2O3S. The molecule has 0 fully saturated rings. The summed E-state index contributed by atoms with van der Waals surface area (Å²) in [5, 5.41) is 2.34. The Balaban J connectivity index is 2.19. The summed E-state index contributed by atoms with van der Waals surface area (Å²) < 4.78 is 44.2. The number of esters is 1. The fourth-order valence-corrected chi connectivity index (χ4v) is 2.90. The van der Waals surface area contributed by atoms with E-state index in [2.05, 4.69) is 10.3 Å². The first-order valence-corrected chi connectivity index (χ1v) is 8.53. The van der Waals surface area contributed by atoms with Crippen LogP contribution in [0.1, 0.15) is 45.1 Å². The average molecular weight is 386 g/mol. The van der Waals surface area contributed by atoms with Crippen molar-refractivity contribution in [2.24, 2.45) is 5.92 Å². The predicted octanol–water partition coefficient (Wildman–Crippen LogP) is 4.54. The second kappa shape index (κ2) is 7.86. The number of halogens is 3. The summed E-state index contributed by atoms with van der Waals surface area (Å²) in [6.07, 6.45) is -4.65. The van der Waals surface area contributed by atoms with E-state index < -0.39 is 29.2 Å². The number of thiazole rings is 1. The van der Waals surface area contributed by atoms with Crippen LogP contribution in [-0.4, -0.2) is 23.5 Å². The molecule has 140 valence electrons. The summed E-state index contributed by atoms with van der Waals surface area (Å²) in [4.78, 5) is 28.5. The van der Waals surface area contributed by atoms with Crippen LogP contribution >= 0.6 is 11.3 Å². The number of ether oxygens (including phenoxy) is 1. The number of rotatable bonds is 5. The molecule has 0 saturated carbocycles. The molecule has 0 bridgehead atoms. The molecule has 0 aliphatic heterocycles. The van der Waals surface area contributed by atoms with Gasteiger partial charge in [-0.05, 0) is 25.0 Å². The van der Waals surface area contributed by atoms with E-state index in [1.54, 1.807) is 6.92 Å². The normalized spacial score (nSPS) is 11.5. The van der Waals surface area contributed by atoms with E-state index >= 15 is 0 Å². The highest BCUT2D eigenvalue weighted by Gasteiger charge is 2.35. The van der Waals surface area contributed by atoms with Crippen LogP contribution in [0.15, 0.2) is 24.3 Å². The van der Waals surface area contributed by atoms with E-state index in [-0.39, 0.29) is 22.5 Å². The van der Waals surface area contributed by atoms with Crippen molar-refractivity contribution in [1.29, 1.82) is 0 Å². The quantitative estimate of drug-likeness (QED) is 0.767. The van der Waals surface area contributed by atoms with Crippen molar-refractivity contribution in [2.45, 2.75) is 26.9 Å². The van der Waals surface area contributed by atoms with Crippen molar-refractivity contribution < 1.29 is 27.5 Å². The number of nitrogens with one attached hydrogen (secondary N) is 1. The number of aromatic nitrogens is 1. The third-order valence-electron chi connectivity index (χ3n) is 3.23. The van der Waals surface area contributed by atoms with Gasteiger partial charge in [0.05, 0.1) is 23.4 Å². The lowest BCUT2D eigenvalue weighted by Gasteiger charge is -2.11. The minimum atomic E-state index is -4.65. The van der Waals surface area contributed by atoms with E-state index in [1.807, 2.05) is 13.8 Å². The van der Waals surface area contributed by atoms with E-state index in [9.17, 15) is 22.8 Å². The van der Waals surface area contributed by atoms with E-state index in [0.29, 0.717) is 5.69 Å². The van der Waals surface area contributed by atoms with Gasteiger partial charge in [-0.1, -0.05) is 37.3 Å². The third kappa shape index (κ3) is 4.81. The Labute approximate surface area is 152 Å². The molecule has 0 saturated heterocycles. The fourth-order valence-electron chi connectivity index (χ4n) is 2.04. The largest absolute Gasteiger partial charge is 0.461 e. The van der Waals surface area contributed by atoms with Gasteiger partial charge in [-0.15, -0.1) is 0 Å². The number of hydrogen-bond acceptors (Lipinski definition) is 5. The highest BCUT2D eigenvalue weighted by molar-refractivity contribution is 7.17. The van der Waals surface area contributed by atoms with Crippen molar-refractivity contribution in [3.8, 4) is 0 Å². The number of carbonyl (C=O) groups excluding carboxylic acids is 2. The van der Waals surface area contributed by atoms with Crippen LogP contribution in [0.2, 0.25) is 0 Å². The van der Waals surface area contributed by atoms with Crippen LogP contribution < -0.4 is 5.32 Å². The van der Waals surface area contributed by atoms with Crippen molar-refractivity contribution in [2.75, 3.05) is 11.9 Å².